The van der Waals surface area contributed by atoms with Crippen molar-refractivity contribution in [2.45, 2.75) is 32.0 Å². The van der Waals surface area contributed by atoms with Crippen LogP contribution in [-0.2, 0) is 4.79 Å². The van der Waals surface area contributed by atoms with Gasteiger partial charge in [-0.1, -0.05) is 6.92 Å². The molecule has 0 aromatic heterocycles. The summed E-state index contributed by atoms with van der Waals surface area (Å²) in [5.74, 6) is -1.99. The molecule has 4 nitrogen and oxygen atoms in total. The van der Waals surface area contributed by atoms with Crippen LogP contribution in [0.5, 0.6) is 0 Å². The molecule has 2 aliphatic rings. The number of carbonyl (C=O) groups is 1. The minimum Gasteiger partial charge on any atom is -0.511 e. The maximum atomic E-state index is 13.5. The second-order valence-electron chi connectivity index (χ2n) is 4.52. The number of aliphatic hydroxyl groups is 1. The number of rotatable bonds is 1. The molecule has 0 amide bonds. The lowest BCUT2D eigenvalue weighted by Gasteiger charge is -2.36. The predicted molar refractivity (Wildman–Crippen MR) is 56.4 cm³/mol. The Hall–Kier alpha value is -1.39. The van der Waals surface area contributed by atoms with Gasteiger partial charge in [0, 0.05) is 12.1 Å². The Kier molecular flexibility index (Phi) is 2.69. The van der Waals surface area contributed by atoms with E-state index < -0.39 is 18.1 Å². The Labute approximate surface area is 92.5 Å². The van der Waals surface area contributed by atoms with Crippen LogP contribution in [0.25, 0.3) is 0 Å². The number of alkyl halides is 1. The first-order valence-corrected chi connectivity index (χ1v) is 5.34. The molecule has 0 spiro atoms. The number of dihydropyridines is 1. The highest BCUT2D eigenvalue weighted by atomic mass is 19.1. The SMILES string of the molecule is CC1CC2N=CC(C(=O)O)=C(O)C2CC1F. The number of carboxylic acids is 1. The number of hydrogen-bond acceptors (Lipinski definition) is 3. The third kappa shape index (κ3) is 1.70. The zero-order valence-corrected chi connectivity index (χ0v) is 8.93. The fraction of sp³-hybridized carbons (Fsp3) is 0.636. The number of fused-ring (bicyclic) bond motifs is 1. The number of aliphatic carboxylic acids is 1. The molecule has 0 aromatic rings. The average molecular weight is 227 g/mol. The molecule has 1 heterocycles. The van der Waals surface area contributed by atoms with Gasteiger partial charge < -0.3 is 10.2 Å². The smallest absolute Gasteiger partial charge is 0.340 e. The quantitative estimate of drug-likeness (QED) is 0.716. The number of hydrogen-bond donors (Lipinski definition) is 2. The first kappa shape index (κ1) is 11.1. The largest absolute Gasteiger partial charge is 0.511 e. The Morgan fingerprint density at radius 2 is 2.25 bits per heavy atom. The lowest BCUT2D eigenvalue weighted by molar-refractivity contribution is -0.132. The van der Waals surface area contributed by atoms with E-state index in [0.29, 0.717) is 6.42 Å². The van der Waals surface area contributed by atoms with E-state index in [1.54, 1.807) is 0 Å². The number of nitrogens with zero attached hydrogens (tertiary/aromatic N) is 1. The molecule has 2 rings (SSSR count). The third-order valence-electron chi connectivity index (χ3n) is 3.43. The molecule has 1 aliphatic carbocycles. The number of carboxylic acid groups (broad SMARTS) is 1. The minimum atomic E-state index is -1.21. The molecule has 1 fully saturated rings. The summed E-state index contributed by atoms with van der Waals surface area (Å²) in [6, 6.07) is -0.176. The van der Waals surface area contributed by atoms with E-state index in [9.17, 15) is 14.3 Å². The summed E-state index contributed by atoms with van der Waals surface area (Å²) in [5, 5.41) is 18.6. The molecule has 4 unspecified atom stereocenters. The Morgan fingerprint density at radius 3 is 2.88 bits per heavy atom. The molecule has 4 atom stereocenters. The fourth-order valence-corrected chi connectivity index (χ4v) is 2.38. The molecule has 16 heavy (non-hydrogen) atoms. The van der Waals surface area contributed by atoms with Crippen molar-refractivity contribution < 1.29 is 19.4 Å². The van der Waals surface area contributed by atoms with Crippen molar-refractivity contribution in [2.75, 3.05) is 0 Å². The standard InChI is InChI=1S/C11H14FNO3/c1-5-2-9-6(3-8(5)12)10(14)7(4-13-9)11(15)16/h4-6,8-9,14H,2-3H2,1H3,(H,15,16). The summed E-state index contributed by atoms with van der Waals surface area (Å²) >= 11 is 0. The zero-order valence-electron chi connectivity index (χ0n) is 8.93. The van der Waals surface area contributed by atoms with E-state index >= 15 is 0 Å². The monoisotopic (exact) mass is 227 g/mol. The van der Waals surface area contributed by atoms with E-state index in [0.717, 1.165) is 0 Å². The van der Waals surface area contributed by atoms with Crippen molar-refractivity contribution in [3.8, 4) is 0 Å². The van der Waals surface area contributed by atoms with Crippen molar-refractivity contribution in [2.24, 2.45) is 16.8 Å². The van der Waals surface area contributed by atoms with Crippen LogP contribution < -0.4 is 0 Å². The Bertz CT molecular complexity index is 377. The highest BCUT2D eigenvalue weighted by Crippen LogP contribution is 2.38. The van der Waals surface area contributed by atoms with Crippen molar-refractivity contribution in [1.82, 2.24) is 0 Å². The van der Waals surface area contributed by atoms with Crippen LogP contribution in [-0.4, -0.2) is 34.6 Å². The normalized spacial score (nSPS) is 38.4. The average Bonchev–Trinajstić information content (AvgIpc) is 2.21. The van der Waals surface area contributed by atoms with Crippen LogP contribution in [0.15, 0.2) is 16.3 Å². The summed E-state index contributed by atoms with van der Waals surface area (Å²) in [6.07, 6.45) is 0.904. The Balaban J connectivity index is 2.27. The molecule has 0 bridgehead atoms. The highest BCUT2D eigenvalue weighted by Gasteiger charge is 2.40. The fourth-order valence-electron chi connectivity index (χ4n) is 2.38. The van der Waals surface area contributed by atoms with Gasteiger partial charge in [0.1, 0.15) is 17.5 Å². The second-order valence-corrected chi connectivity index (χ2v) is 4.52. The van der Waals surface area contributed by atoms with Crippen LogP contribution in [0.2, 0.25) is 0 Å². The first-order chi connectivity index (χ1) is 7.50. The van der Waals surface area contributed by atoms with Crippen LogP contribution in [0.3, 0.4) is 0 Å². The van der Waals surface area contributed by atoms with Crippen LogP contribution >= 0.6 is 0 Å². The molecule has 1 aliphatic heterocycles. The molecule has 88 valence electrons. The van der Waals surface area contributed by atoms with Crippen LogP contribution in [0.4, 0.5) is 4.39 Å². The minimum absolute atomic E-state index is 0.0856. The molecule has 0 aromatic carbocycles. The van der Waals surface area contributed by atoms with Gasteiger partial charge in [-0.25, -0.2) is 9.18 Å². The summed E-state index contributed by atoms with van der Waals surface area (Å²) in [7, 11) is 0. The highest BCUT2D eigenvalue weighted by molar-refractivity contribution is 6.09. The second kappa shape index (κ2) is 3.88. The maximum Gasteiger partial charge on any atom is 0.340 e. The van der Waals surface area contributed by atoms with E-state index in [2.05, 4.69) is 4.99 Å². The lowest BCUT2D eigenvalue weighted by Crippen LogP contribution is -2.38. The van der Waals surface area contributed by atoms with E-state index in [1.165, 1.54) is 6.21 Å². The van der Waals surface area contributed by atoms with Gasteiger partial charge in [-0.15, -0.1) is 0 Å². The summed E-state index contributed by atoms with van der Waals surface area (Å²) in [6.45, 7) is 1.81. The summed E-state index contributed by atoms with van der Waals surface area (Å²) < 4.78 is 13.5. The molecule has 0 saturated heterocycles. The van der Waals surface area contributed by atoms with Gasteiger partial charge in [0.05, 0.1) is 6.04 Å². The predicted octanol–water partition coefficient (Wildman–Crippen LogP) is 1.72. The van der Waals surface area contributed by atoms with Crippen molar-refractivity contribution in [3.63, 3.8) is 0 Å². The maximum absolute atomic E-state index is 13.5. The van der Waals surface area contributed by atoms with Crippen LogP contribution in [0, 0.1) is 11.8 Å². The molecular weight excluding hydrogens is 213 g/mol. The van der Waals surface area contributed by atoms with Crippen LogP contribution in [0.1, 0.15) is 19.8 Å². The van der Waals surface area contributed by atoms with Crippen molar-refractivity contribution in [3.05, 3.63) is 11.3 Å². The molecule has 2 N–H and O–H groups in total. The van der Waals surface area contributed by atoms with Gasteiger partial charge in [-0.2, -0.15) is 0 Å². The van der Waals surface area contributed by atoms with E-state index in [-0.39, 0.29) is 29.7 Å². The van der Waals surface area contributed by atoms with Crippen molar-refractivity contribution >= 4 is 12.2 Å². The first-order valence-electron chi connectivity index (χ1n) is 5.34. The molecule has 0 radical (unpaired) electrons. The van der Waals surface area contributed by atoms with Gasteiger partial charge in [0.25, 0.3) is 0 Å². The van der Waals surface area contributed by atoms with E-state index in [1.807, 2.05) is 6.92 Å². The topological polar surface area (TPSA) is 69.9 Å². The van der Waals surface area contributed by atoms with Gasteiger partial charge in [-0.05, 0) is 18.8 Å². The number of halogens is 1. The van der Waals surface area contributed by atoms with Gasteiger partial charge in [0.15, 0.2) is 0 Å². The molecule has 1 saturated carbocycles. The van der Waals surface area contributed by atoms with Gasteiger partial charge >= 0.3 is 5.97 Å². The summed E-state index contributed by atoms with van der Waals surface area (Å²) in [4.78, 5) is 14.9. The molecular formula is C11H14FNO3. The number of aliphatic imine (C=N–C) groups is 1. The van der Waals surface area contributed by atoms with E-state index in [4.69, 9.17) is 5.11 Å². The Morgan fingerprint density at radius 1 is 1.56 bits per heavy atom. The lowest BCUT2D eigenvalue weighted by atomic mass is 9.75. The number of aliphatic hydroxyl groups excluding tert-OH is 1. The van der Waals surface area contributed by atoms with Crippen molar-refractivity contribution in [1.29, 1.82) is 0 Å². The van der Waals surface area contributed by atoms with Gasteiger partial charge in [0.2, 0.25) is 0 Å². The third-order valence-corrected chi connectivity index (χ3v) is 3.43. The molecule has 5 heteroatoms. The zero-order chi connectivity index (χ0) is 11.9. The summed E-state index contributed by atoms with van der Waals surface area (Å²) in [5.41, 5.74) is -0.206. The van der Waals surface area contributed by atoms with Gasteiger partial charge in [-0.3, -0.25) is 4.99 Å².